The summed E-state index contributed by atoms with van der Waals surface area (Å²) in [6, 6.07) is 7.70. The van der Waals surface area contributed by atoms with Gasteiger partial charge in [0.25, 0.3) is 0 Å². The van der Waals surface area contributed by atoms with Gasteiger partial charge in [0.1, 0.15) is 5.75 Å². The van der Waals surface area contributed by atoms with E-state index in [1.54, 1.807) is 0 Å². The van der Waals surface area contributed by atoms with Gasteiger partial charge in [-0.1, -0.05) is 12.1 Å². The van der Waals surface area contributed by atoms with Gasteiger partial charge in [-0.05, 0) is 60.4 Å². The van der Waals surface area contributed by atoms with Gasteiger partial charge >= 0.3 is 0 Å². The van der Waals surface area contributed by atoms with Crippen LogP contribution in [0.25, 0.3) is 0 Å². The van der Waals surface area contributed by atoms with Crippen molar-refractivity contribution in [2.45, 2.75) is 19.3 Å². The molecule has 22 heavy (non-hydrogen) atoms. The predicted octanol–water partition coefficient (Wildman–Crippen LogP) is 3.10. The first-order chi connectivity index (χ1) is 10.2. The lowest BCUT2D eigenvalue weighted by atomic mass is 9.98. The minimum absolute atomic E-state index is 0. The first kappa shape index (κ1) is 19.3. The van der Waals surface area contributed by atoms with E-state index in [-0.39, 0.29) is 18.3 Å². The van der Waals surface area contributed by atoms with E-state index in [0.717, 1.165) is 36.3 Å². The number of piperidine rings is 1. The maximum atomic E-state index is 12.2. The highest BCUT2D eigenvalue weighted by Gasteiger charge is 2.22. The molecule has 0 spiro atoms. The van der Waals surface area contributed by atoms with Crippen LogP contribution in [0.4, 0.5) is 0 Å². The first-order valence-corrected chi connectivity index (χ1v) is 8.29. The number of likely N-dealkylation sites (tertiary alicyclic amines) is 1. The standard InChI is InChI=1S/C16H23BrN2O2.ClH/c1-18-11-13-5-4-9-19(12-13)16(20)8-10-21-15-7-3-2-6-14(15)17;/h2-3,6-7,13,18H,4-5,8-12H2,1H3;1H. The Balaban J connectivity index is 0.00000242. The Bertz CT molecular complexity index is 471. The van der Waals surface area contributed by atoms with Gasteiger partial charge in [0, 0.05) is 13.1 Å². The molecule has 1 saturated heterocycles. The van der Waals surface area contributed by atoms with Crippen LogP contribution in [0.2, 0.25) is 0 Å². The fourth-order valence-electron chi connectivity index (χ4n) is 2.72. The maximum absolute atomic E-state index is 12.2. The zero-order valence-corrected chi connectivity index (χ0v) is 15.3. The van der Waals surface area contributed by atoms with Gasteiger partial charge in [-0.3, -0.25) is 4.79 Å². The van der Waals surface area contributed by atoms with Crippen LogP contribution in [0, 0.1) is 5.92 Å². The summed E-state index contributed by atoms with van der Waals surface area (Å²) in [6.07, 6.45) is 2.74. The zero-order valence-electron chi connectivity index (χ0n) is 12.9. The molecule has 1 unspecified atom stereocenters. The molecule has 1 aliphatic heterocycles. The quantitative estimate of drug-likeness (QED) is 0.810. The first-order valence-electron chi connectivity index (χ1n) is 7.50. The van der Waals surface area contributed by atoms with Crippen molar-refractivity contribution in [1.29, 1.82) is 0 Å². The second kappa shape index (κ2) is 10.1. The Morgan fingerprint density at radius 2 is 2.23 bits per heavy atom. The number of nitrogens with zero attached hydrogens (tertiary/aromatic N) is 1. The Hall–Kier alpha value is -0.780. The summed E-state index contributed by atoms with van der Waals surface area (Å²) in [5.41, 5.74) is 0. The lowest BCUT2D eigenvalue weighted by molar-refractivity contribution is -0.133. The van der Waals surface area contributed by atoms with Crippen LogP contribution in [0.5, 0.6) is 5.75 Å². The molecule has 0 aliphatic carbocycles. The van der Waals surface area contributed by atoms with E-state index in [0.29, 0.717) is 18.9 Å². The third kappa shape index (κ3) is 5.78. The molecule has 1 aromatic carbocycles. The van der Waals surface area contributed by atoms with E-state index in [1.807, 2.05) is 36.2 Å². The molecule has 1 aromatic rings. The number of hydrogen-bond donors (Lipinski definition) is 1. The second-order valence-electron chi connectivity index (χ2n) is 5.43. The molecule has 0 saturated carbocycles. The van der Waals surface area contributed by atoms with Crippen molar-refractivity contribution in [3.8, 4) is 5.75 Å². The summed E-state index contributed by atoms with van der Waals surface area (Å²) in [4.78, 5) is 14.2. The van der Waals surface area contributed by atoms with Crippen LogP contribution in [0.15, 0.2) is 28.7 Å². The highest BCUT2D eigenvalue weighted by Crippen LogP contribution is 2.24. The molecule has 4 nitrogen and oxygen atoms in total. The fraction of sp³-hybridized carbons (Fsp3) is 0.562. The molecular formula is C16H24BrClN2O2. The number of ether oxygens (including phenoxy) is 1. The van der Waals surface area contributed by atoms with Gasteiger partial charge in [-0.2, -0.15) is 0 Å². The number of carbonyl (C=O) groups excluding carboxylic acids is 1. The summed E-state index contributed by atoms with van der Waals surface area (Å²) in [7, 11) is 1.96. The van der Waals surface area contributed by atoms with E-state index in [9.17, 15) is 4.79 Å². The zero-order chi connectivity index (χ0) is 15.1. The number of nitrogens with one attached hydrogen (secondary N) is 1. The third-order valence-corrected chi connectivity index (χ3v) is 4.43. The number of carbonyl (C=O) groups is 1. The second-order valence-corrected chi connectivity index (χ2v) is 6.29. The highest BCUT2D eigenvalue weighted by molar-refractivity contribution is 9.10. The molecule has 1 N–H and O–H groups in total. The van der Waals surface area contributed by atoms with Crippen molar-refractivity contribution in [1.82, 2.24) is 10.2 Å². The van der Waals surface area contributed by atoms with Crippen molar-refractivity contribution in [2.24, 2.45) is 5.92 Å². The van der Waals surface area contributed by atoms with E-state index >= 15 is 0 Å². The van der Waals surface area contributed by atoms with Gasteiger partial charge < -0.3 is 15.0 Å². The molecule has 0 aromatic heterocycles. The van der Waals surface area contributed by atoms with Crippen LogP contribution in [0.1, 0.15) is 19.3 Å². The average Bonchev–Trinajstić information content (AvgIpc) is 2.50. The molecule has 6 heteroatoms. The van der Waals surface area contributed by atoms with E-state index in [1.165, 1.54) is 6.42 Å². The number of benzene rings is 1. The lowest BCUT2D eigenvalue weighted by Gasteiger charge is -2.32. The van der Waals surface area contributed by atoms with Crippen molar-refractivity contribution < 1.29 is 9.53 Å². The Morgan fingerprint density at radius 3 is 2.95 bits per heavy atom. The largest absolute Gasteiger partial charge is 0.492 e. The van der Waals surface area contributed by atoms with E-state index in [4.69, 9.17) is 4.74 Å². The topological polar surface area (TPSA) is 41.6 Å². The van der Waals surface area contributed by atoms with E-state index in [2.05, 4.69) is 21.2 Å². The molecule has 0 bridgehead atoms. The number of hydrogen-bond acceptors (Lipinski definition) is 3. The minimum atomic E-state index is 0. The fourth-order valence-corrected chi connectivity index (χ4v) is 3.11. The smallest absolute Gasteiger partial charge is 0.226 e. The molecule has 1 aliphatic rings. The van der Waals surface area contributed by atoms with Gasteiger partial charge in [0.15, 0.2) is 0 Å². The Morgan fingerprint density at radius 1 is 1.45 bits per heavy atom. The normalized spacial score (nSPS) is 17.7. The molecule has 0 radical (unpaired) electrons. The number of para-hydroxylation sites is 1. The van der Waals surface area contributed by atoms with E-state index < -0.39 is 0 Å². The van der Waals surface area contributed by atoms with Crippen LogP contribution in [-0.4, -0.2) is 44.1 Å². The Kier molecular flexibility index (Phi) is 8.83. The van der Waals surface area contributed by atoms with Gasteiger partial charge in [-0.25, -0.2) is 0 Å². The Labute approximate surface area is 147 Å². The molecular weight excluding hydrogens is 368 g/mol. The van der Waals surface area contributed by atoms with Crippen LogP contribution < -0.4 is 10.1 Å². The molecule has 1 heterocycles. The van der Waals surface area contributed by atoms with Gasteiger partial charge in [-0.15, -0.1) is 12.4 Å². The highest BCUT2D eigenvalue weighted by atomic mass is 79.9. The summed E-state index contributed by atoms with van der Waals surface area (Å²) >= 11 is 3.44. The molecule has 1 fully saturated rings. The number of amides is 1. The minimum Gasteiger partial charge on any atom is -0.492 e. The maximum Gasteiger partial charge on any atom is 0.226 e. The van der Waals surface area contributed by atoms with Crippen LogP contribution in [0.3, 0.4) is 0 Å². The van der Waals surface area contributed by atoms with Crippen LogP contribution in [-0.2, 0) is 4.79 Å². The molecule has 1 amide bonds. The van der Waals surface area contributed by atoms with Gasteiger partial charge in [0.2, 0.25) is 5.91 Å². The summed E-state index contributed by atoms with van der Waals surface area (Å²) in [5, 5.41) is 3.20. The number of rotatable bonds is 6. The van der Waals surface area contributed by atoms with Crippen molar-refractivity contribution in [3.63, 3.8) is 0 Å². The third-order valence-electron chi connectivity index (χ3n) is 3.77. The summed E-state index contributed by atoms with van der Waals surface area (Å²) in [6.45, 7) is 3.16. The molecule has 2 rings (SSSR count). The predicted molar refractivity (Wildman–Crippen MR) is 94.7 cm³/mol. The molecule has 1 atom stereocenters. The van der Waals surface area contributed by atoms with Gasteiger partial charge in [0.05, 0.1) is 17.5 Å². The summed E-state index contributed by atoms with van der Waals surface area (Å²) < 4.78 is 6.59. The summed E-state index contributed by atoms with van der Waals surface area (Å²) in [5.74, 6) is 1.57. The van der Waals surface area contributed by atoms with Crippen molar-refractivity contribution in [3.05, 3.63) is 28.7 Å². The van der Waals surface area contributed by atoms with Crippen LogP contribution >= 0.6 is 28.3 Å². The molecule has 124 valence electrons. The van der Waals surface area contributed by atoms with Crippen molar-refractivity contribution >= 4 is 34.2 Å². The lowest BCUT2D eigenvalue weighted by Crippen LogP contribution is -2.42. The average molecular weight is 392 g/mol. The van der Waals surface area contributed by atoms with Crippen molar-refractivity contribution in [2.75, 3.05) is 33.3 Å². The number of halogens is 2. The SMILES string of the molecule is CNCC1CCCN(C(=O)CCOc2ccccc2Br)C1.Cl. The monoisotopic (exact) mass is 390 g/mol.